The number of aliphatic hydroxyl groups is 1. The Bertz CT molecular complexity index is 985. The number of benzene rings is 1. The van der Waals surface area contributed by atoms with Gasteiger partial charge in [0.2, 0.25) is 0 Å². The zero-order valence-electron chi connectivity index (χ0n) is 14.9. The number of rotatable bonds is 5. The summed E-state index contributed by atoms with van der Waals surface area (Å²) in [5.74, 6) is -0.417. The fourth-order valence-electron chi connectivity index (χ4n) is 3.74. The van der Waals surface area contributed by atoms with Crippen molar-refractivity contribution in [3.05, 3.63) is 65.6 Å². The highest BCUT2D eigenvalue weighted by Gasteiger charge is 2.38. The number of imidazole rings is 1. The molecule has 0 radical (unpaired) electrons. The molecule has 0 saturated carbocycles. The quantitative estimate of drug-likeness (QED) is 0.740. The maximum atomic E-state index is 12.6. The van der Waals surface area contributed by atoms with Crippen LogP contribution in [0.25, 0.3) is 10.9 Å². The highest BCUT2D eigenvalue weighted by molar-refractivity contribution is 5.96. The van der Waals surface area contributed by atoms with Gasteiger partial charge in [-0.1, -0.05) is 11.6 Å². The molecule has 3 heterocycles. The van der Waals surface area contributed by atoms with Crippen molar-refractivity contribution in [3.63, 3.8) is 0 Å². The first-order valence-electron chi connectivity index (χ1n) is 8.80. The Kier molecular flexibility index (Phi) is 4.03. The molecule has 3 aromatic rings. The summed E-state index contributed by atoms with van der Waals surface area (Å²) in [5.41, 5.74) is 3.94. The van der Waals surface area contributed by atoms with Crippen LogP contribution >= 0.6 is 0 Å². The highest BCUT2D eigenvalue weighted by atomic mass is 16.3. The van der Waals surface area contributed by atoms with Gasteiger partial charge in [0.15, 0.2) is 5.76 Å². The van der Waals surface area contributed by atoms with E-state index in [-0.39, 0.29) is 17.7 Å². The van der Waals surface area contributed by atoms with Gasteiger partial charge in [-0.2, -0.15) is 0 Å². The molecule has 1 unspecified atom stereocenters. The lowest BCUT2D eigenvalue weighted by atomic mass is 9.99. The molecule has 1 aliphatic heterocycles. The summed E-state index contributed by atoms with van der Waals surface area (Å²) in [5, 5.41) is 11.4. The third-order valence-corrected chi connectivity index (χ3v) is 5.10. The van der Waals surface area contributed by atoms with Crippen molar-refractivity contribution in [2.24, 2.45) is 0 Å². The predicted octanol–water partition coefficient (Wildman–Crippen LogP) is 3.48. The number of aliphatic hydroxyl groups excluding tert-OH is 1. The number of hydrogen-bond donors (Lipinski definition) is 2. The molecule has 6 nitrogen and oxygen atoms in total. The topological polar surface area (TPSA) is 74.2 Å². The average molecular weight is 350 g/mol. The van der Waals surface area contributed by atoms with Crippen molar-refractivity contribution in [1.82, 2.24) is 19.4 Å². The van der Waals surface area contributed by atoms with Crippen LogP contribution in [0.4, 0.5) is 0 Å². The van der Waals surface area contributed by atoms with E-state index in [1.54, 1.807) is 17.4 Å². The van der Waals surface area contributed by atoms with E-state index in [2.05, 4.69) is 29.0 Å². The van der Waals surface area contributed by atoms with Gasteiger partial charge in [0.1, 0.15) is 0 Å². The maximum absolute atomic E-state index is 12.6. The summed E-state index contributed by atoms with van der Waals surface area (Å²) in [6.45, 7) is 5.24. The summed E-state index contributed by atoms with van der Waals surface area (Å²) in [4.78, 5) is 21.7. The monoisotopic (exact) mass is 350 g/mol. The van der Waals surface area contributed by atoms with Gasteiger partial charge in [-0.25, -0.2) is 4.98 Å². The van der Waals surface area contributed by atoms with Gasteiger partial charge in [0, 0.05) is 53.7 Å². The van der Waals surface area contributed by atoms with E-state index in [4.69, 9.17) is 0 Å². The largest absolute Gasteiger partial charge is 0.503 e. The number of amides is 1. The van der Waals surface area contributed by atoms with Crippen molar-refractivity contribution >= 4 is 16.8 Å². The van der Waals surface area contributed by atoms with Crippen molar-refractivity contribution in [2.75, 3.05) is 6.54 Å². The Hall–Kier alpha value is -3.02. The standard InChI is InChI=1S/C20H22N4O2/c1-13-4-5-17-15(10-13)16(11-22-17)18-14(2)19(25)20(26)24(18)8-3-7-23-9-6-21-12-23/h4-6,9-12,18,22,25H,3,7-8H2,1-2H3. The molecule has 1 aromatic carbocycles. The molecule has 2 N–H and O–H groups in total. The van der Waals surface area contributed by atoms with Crippen LogP contribution in [-0.4, -0.2) is 37.0 Å². The predicted molar refractivity (Wildman–Crippen MR) is 99.7 cm³/mol. The van der Waals surface area contributed by atoms with Crippen LogP contribution in [-0.2, 0) is 11.3 Å². The summed E-state index contributed by atoms with van der Waals surface area (Å²) >= 11 is 0. The molecule has 26 heavy (non-hydrogen) atoms. The van der Waals surface area contributed by atoms with Gasteiger partial charge in [-0.3, -0.25) is 4.79 Å². The zero-order valence-corrected chi connectivity index (χ0v) is 14.9. The van der Waals surface area contributed by atoms with E-state index in [0.717, 1.165) is 29.4 Å². The smallest absolute Gasteiger partial charge is 0.289 e. The Morgan fingerprint density at radius 2 is 2.12 bits per heavy atom. The fraction of sp³-hybridized carbons (Fsp3) is 0.300. The van der Waals surface area contributed by atoms with Crippen molar-refractivity contribution < 1.29 is 9.90 Å². The molecule has 1 atom stereocenters. The van der Waals surface area contributed by atoms with Crippen LogP contribution in [0.2, 0.25) is 0 Å². The second-order valence-corrected chi connectivity index (χ2v) is 6.88. The fourth-order valence-corrected chi connectivity index (χ4v) is 3.74. The molecule has 1 amide bonds. The molecule has 0 bridgehead atoms. The Morgan fingerprint density at radius 1 is 1.27 bits per heavy atom. The van der Waals surface area contributed by atoms with Crippen molar-refractivity contribution in [2.45, 2.75) is 32.9 Å². The van der Waals surface area contributed by atoms with Crippen LogP contribution < -0.4 is 0 Å². The molecular formula is C20H22N4O2. The average Bonchev–Trinajstić information content (AvgIpc) is 3.33. The van der Waals surface area contributed by atoms with Crippen LogP contribution in [0.5, 0.6) is 0 Å². The number of carbonyl (C=O) groups excluding carboxylic acids is 1. The molecule has 134 valence electrons. The van der Waals surface area contributed by atoms with Crippen molar-refractivity contribution in [3.8, 4) is 0 Å². The number of aromatic amines is 1. The number of nitrogens with zero attached hydrogens (tertiary/aromatic N) is 3. The Labute approximate surface area is 151 Å². The van der Waals surface area contributed by atoms with Crippen LogP contribution in [0.1, 0.15) is 30.5 Å². The minimum absolute atomic E-state index is 0.125. The number of aromatic nitrogens is 3. The van der Waals surface area contributed by atoms with E-state index >= 15 is 0 Å². The van der Waals surface area contributed by atoms with Gasteiger partial charge in [-0.05, 0) is 32.4 Å². The van der Waals surface area contributed by atoms with E-state index < -0.39 is 0 Å². The first-order chi connectivity index (χ1) is 12.6. The Morgan fingerprint density at radius 3 is 2.88 bits per heavy atom. The molecule has 1 aliphatic rings. The Balaban J connectivity index is 1.64. The molecule has 0 fully saturated rings. The molecule has 6 heteroatoms. The number of carbonyl (C=O) groups is 1. The minimum atomic E-state index is -0.292. The van der Waals surface area contributed by atoms with Gasteiger partial charge in [0.25, 0.3) is 5.91 Å². The van der Waals surface area contributed by atoms with E-state index in [1.165, 1.54) is 5.56 Å². The van der Waals surface area contributed by atoms with Gasteiger partial charge < -0.3 is 19.6 Å². The van der Waals surface area contributed by atoms with E-state index in [9.17, 15) is 9.90 Å². The second kappa shape index (κ2) is 6.37. The zero-order chi connectivity index (χ0) is 18.3. The third kappa shape index (κ3) is 2.67. The summed E-state index contributed by atoms with van der Waals surface area (Å²) in [6, 6.07) is 6.00. The second-order valence-electron chi connectivity index (χ2n) is 6.88. The summed E-state index contributed by atoms with van der Waals surface area (Å²) in [6.07, 6.45) is 8.17. The van der Waals surface area contributed by atoms with E-state index in [0.29, 0.717) is 12.1 Å². The van der Waals surface area contributed by atoms with Gasteiger partial charge in [0.05, 0.1) is 12.4 Å². The lowest BCUT2D eigenvalue weighted by Crippen LogP contribution is -2.31. The molecule has 2 aromatic heterocycles. The number of aryl methyl sites for hydroxylation is 2. The summed E-state index contributed by atoms with van der Waals surface area (Å²) in [7, 11) is 0. The van der Waals surface area contributed by atoms with Crippen LogP contribution in [0, 0.1) is 6.92 Å². The molecule has 0 spiro atoms. The minimum Gasteiger partial charge on any atom is -0.503 e. The number of nitrogens with one attached hydrogen (secondary N) is 1. The lowest BCUT2D eigenvalue weighted by molar-refractivity contribution is -0.129. The van der Waals surface area contributed by atoms with Crippen molar-refractivity contribution in [1.29, 1.82) is 0 Å². The van der Waals surface area contributed by atoms with Gasteiger partial charge in [-0.15, -0.1) is 0 Å². The number of H-pyrrole nitrogens is 1. The third-order valence-electron chi connectivity index (χ3n) is 5.10. The SMILES string of the molecule is CC1=C(O)C(=O)N(CCCn2ccnc2)C1c1c[nH]c2ccc(C)cc12. The molecule has 0 aliphatic carbocycles. The highest BCUT2D eigenvalue weighted by Crippen LogP contribution is 2.40. The first kappa shape index (κ1) is 16.4. The molecular weight excluding hydrogens is 328 g/mol. The first-order valence-corrected chi connectivity index (χ1v) is 8.80. The van der Waals surface area contributed by atoms with Gasteiger partial charge >= 0.3 is 0 Å². The van der Waals surface area contributed by atoms with Crippen LogP contribution in [0.15, 0.2) is 54.4 Å². The molecule has 0 saturated heterocycles. The molecule has 4 rings (SSSR count). The van der Waals surface area contributed by atoms with Crippen LogP contribution in [0.3, 0.4) is 0 Å². The lowest BCUT2D eigenvalue weighted by Gasteiger charge is -2.26. The summed E-state index contributed by atoms with van der Waals surface area (Å²) < 4.78 is 1.99. The normalized spacial score (nSPS) is 17.7. The maximum Gasteiger partial charge on any atom is 0.289 e. The number of hydrogen-bond acceptors (Lipinski definition) is 3. The number of fused-ring (bicyclic) bond motifs is 1. The van der Waals surface area contributed by atoms with E-state index in [1.807, 2.05) is 30.0 Å².